The molecule has 0 bridgehead atoms. The van der Waals surface area contributed by atoms with E-state index in [1.807, 2.05) is 50.2 Å². The second-order valence-electron chi connectivity index (χ2n) is 8.03. The van der Waals surface area contributed by atoms with E-state index in [2.05, 4.69) is 5.32 Å². The van der Waals surface area contributed by atoms with E-state index in [1.54, 1.807) is 30.7 Å². The minimum Gasteiger partial charge on any atom is -0.497 e. The van der Waals surface area contributed by atoms with Crippen molar-refractivity contribution in [2.45, 2.75) is 33.0 Å². The Morgan fingerprint density at radius 3 is 2.34 bits per heavy atom. The van der Waals surface area contributed by atoms with Gasteiger partial charge in [0.1, 0.15) is 22.7 Å². The second-order valence-corrected chi connectivity index (χ2v) is 8.95. The summed E-state index contributed by atoms with van der Waals surface area (Å²) in [6.45, 7) is 4.23. The molecule has 1 N–H and O–H groups in total. The molecule has 0 fully saturated rings. The van der Waals surface area contributed by atoms with Crippen LogP contribution in [0, 0.1) is 0 Å². The van der Waals surface area contributed by atoms with Crippen molar-refractivity contribution in [3.63, 3.8) is 0 Å². The second kappa shape index (κ2) is 10.6. The first-order valence-electron chi connectivity index (χ1n) is 11.3. The van der Waals surface area contributed by atoms with Crippen LogP contribution >= 0.6 is 11.3 Å². The average molecular weight is 494 g/mol. The quantitative estimate of drug-likeness (QED) is 0.385. The molecule has 1 amide bonds. The van der Waals surface area contributed by atoms with Crippen LogP contribution in [0.2, 0.25) is 0 Å². The standard InChI is InChI=1S/C26H27N3O5S/c1-4-34-21-9-5-18(6-10-21)15-29-25(31)24-22(13-14-35-24)28(26(29)32)16-23(30)27-17(2)19-7-11-20(33-3)12-8-19/h5-14,17H,4,15-16H2,1-3H3,(H,27,30)/t17-/m0/s1. The smallest absolute Gasteiger partial charge is 0.332 e. The van der Waals surface area contributed by atoms with E-state index in [1.165, 1.54) is 20.5 Å². The number of carbonyl (C=O) groups excluding carboxylic acids is 1. The van der Waals surface area contributed by atoms with Gasteiger partial charge in [-0.25, -0.2) is 4.79 Å². The number of carbonyl (C=O) groups is 1. The summed E-state index contributed by atoms with van der Waals surface area (Å²) in [5.74, 6) is 1.13. The van der Waals surface area contributed by atoms with Gasteiger partial charge in [0.2, 0.25) is 5.91 Å². The molecule has 4 rings (SSSR count). The van der Waals surface area contributed by atoms with Crippen LogP contribution in [0.3, 0.4) is 0 Å². The summed E-state index contributed by atoms with van der Waals surface area (Å²) in [7, 11) is 1.60. The van der Waals surface area contributed by atoms with Gasteiger partial charge < -0.3 is 14.8 Å². The molecule has 2 heterocycles. The Kier molecular flexibility index (Phi) is 7.36. The van der Waals surface area contributed by atoms with Gasteiger partial charge in [-0.15, -0.1) is 11.3 Å². The van der Waals surface area contributed by atoms with Crippen LogP contribution < -0.4 is 26.0 Å². The van der Waals surface area contributed by atoms with Crippen molar-refractivity contribution in [2.75, 3.05) is 13.7 Å². The average Bonchev–Trinajstić information content (AvgIpc) is 3.36. The summed E-state index contributed by atoms with van der Waals surface area (Å²) in [5, 5.41) is 4.68. The third kappa shape index (κ3) is 5.30. The number of methoxy groups -OCH3 is 1. The fourth-order valence-electron chi connectivity index (χ4n) is 3.87. The molecule has 0 spiro atoms. The predicted octanol–water partition coefficient (Wildman–Crippen LogP) is 3.56. The molecule has 9 heteroatoms. The van der Waals surface area contributed by atoms with E-state index in [4.69, 9.17) is 9.47 Å². The summed E-state index contributed by atoms with van der Waals surface area (Å²) < 4.78 is 13.6. The molecule has 0 saturated carbocycles. The molecule has 0 saturated heterocycles. The van der Waals surface area contributed by atoms with Gasteiger partial charge >= 0.3 is 5.69 Å². The molecule has 1 atom stereocenters. The van der Waals surface area contributed by atoms with Gasteiger partial charge in [-0.05, 0) is 60.7 Å². The third-order valence-corrected chi connectivity index (χ3v) is 6.60. The molecule has 2 aromatic carbocycles. The molecular weight excluding hydrogens is 466 g/mol. The number of aromatic nitrogens is 2. The number of hydrogen-bond acceptors (Lipinski definition) is 6. The summed E-state index contributed by atoms with van der Waals surface area (Å²) in [5.41, 5.74) is 1.26. The van der Waals surface area contributed by atoms with Crippen LogP contribution in [0.4, 0.5) is 0 Å². The number of amides is 1. The summed E-state index contributed by atoms with van der Waals surface area (Å²) >= 11 is 1.26. The highest BCUT2D eigenvalue weighted by Gasteiger charge is 2.18. The van der Waals surface area contributed by atoms with E-state index in [9.17, 15) is 14.4 Å². The highest BCUT2D eigenvalue weighted by atomic mass is 32.1. The van der Waals surface area contributed by atoms with Crippen molar-refractivity contribution in [1.29, 1.82) is 0 Å². The molecule has 0 radical (unpaired) electrons. The van der Waals surface area contributed by atoms with Crippen molar-refractivity contribution in [3.8, 4) is 11.5 Å². The first kappa shape index (κ1) is 24.3. The van der Waals surface area contributed by atoms with Crippen LogP contribution in [-0.4, -0.2) is 28.8 Å². The maximum Gasteiger partial charge on any atom is 0.332 e. The van der Waals surface area contributed by atoms with Crippen molar-refractivity contribution in [1.82, 2.24) is 14.5 Å². The lowest BCUT2D eigenvalue weighted by molar-refractivity contribution is -0.122. The zero-order chi connectivity index (χ0) is 24.9. The summed E-state index contributed by atoms with van der Waals surface area (Å²) in [4.78, 5) is 39.3. The Hall–Kier alpha value is -3.85. The van der Waals surface area contributed by atoms with Crippen LogP contribution in [0.5, 0.6) is 11.5 Å². The van der Waals surface area contributed by atoms with Crippen LogP contribution in [-0.2, 0) is 17.9 Å². The maximum atomic E-state index is 13.3. The first-order chi connectivity index (χ1) is 16.9. The number of thiophene rings is 1. The number of benzene rings is 2. The van der Waals surface area contributed by atoms with Gasteiger partial charge in [-0.1, -0.05) is 24.3 Å². The molecule has 2 aromatic heterocycles. The Labute approximate surface area is 206 Å². The Morgan fingerprint density at radius 1 is 1.00 bits per heavy atom. The van der Waals surface area contributed by atoms with Gasteiger partial charge in [0.25, 0.3) is 5.56 Å². The van der Waals surface area contributed by atoms with Crippen molar-refractivity contribution in [2.24, 2.45) is 0 Å². The maximum absolute atomic E-state index is 13.3. The fraction of sp³-hybridized carbons (Fsp3) is 0.269. The lowest BCUT2D eigenvalue weighted by Crippen LogP contribution is -2.42. The van der Waals surface area contributed by atoms with E-state index in [0.717, 1.165) is 22.6 Å². The van der Waals surface area contributed by atoms with Crippen molar-refractivity contribution >= 4 is 27.5 Å². The molecule has 35 heavy (non-hydrogen) atoms. The number of nitrogens with one attached hydrogen (secondary N) is 1. The lowest BCUT2D eigenvalue weighted by atomic mass is 10.1. The molecule has 0 unspecified atom stereocenters. The molecule has 0 aliphatic carbocycles. The summed E-state index contributed by atoms with van der Waals surface area (Å²) in [6.07, 6.45) is 0. The number of ether oxygens (including phenoxy) is 2. The highest BCUT2D eigenvalue weighted by Crippen LogP contribution is 2.19. The molecular formula is C26H27N3O5S. The Morgan fingerprint density at radius 2 is 1.69 bits per heavy atom. The lowest BCUT2D eigenvalue weighted by Gasteiger charge is -2.17. The molecule has 182 valence electrons. The Balaban J connectivity index is 1.59. The largest absolute Gasteiger partial charge is 0.497 e. The Bertz CT molecular complexity index is 1440. The number of rotatable bonds is 9. The monoisotopic (exact) mass is 493 g/mol. The van der Waals surface area contributed by atoms with E-state index in [-0.39, 0.29) is 30.6 Å². The molecule has 0 aliphatic rings. The van der Waals surface area contributed by atoms with Crippen LogP contribution in [0.1, 0.15) is 31.0 Å². The molecule has 0 aliphatic heterocycles. The minimum absolute atomic E-state index is 0.0990. The van der Waals surface area contributed by atoms with Crippen LogP contribution in [0.25, 0.3) is 10.2 Å². The minimum atomic E-state index is -0.526. The zero-order valence-electron chi connectivity index (χ0n) is 19.8. The van der Waals surface area contributed by atoms with Crippen molar-refractivity contribution in [3.05, 3.63) is 91.9 Å². The van der Waals surface area contributed by atoms with Gasteiger partial charge in [0.05, 0.1) is 31.8 Å². The normalized spacial score (nSPS) is 11.9. The fourth-order valence-corrected chi connectivity index (χ4v) is 4.72. The zero-order valence-corrected chi connectivity index (χ0v) is 20.6. The highest BCUT2D eigenvalue weighted by molar-refractivity contribution is 7.17. The molecule has 8 nitrogen and oxygen atoms in total. The topological polar surface area (TPSA) is 91.6 Å². The third-order valence-electron chi connectivity index (χ3n) is 5.71. The van der Waals surface area contributed by atoms with Crippen LogP contribution in [0.15, 0.2) is 69.6 Å². The van der Waals surface area contributed by atoms with E-state index in [0.29, 0.717) is 16.8 Å². The van der Waals surface area contributed by atoms with Gasteiger partial charge in [-0.2, -0.15) is 0 Å². The van der Waals surface area contributed by atoms with E-state index < -0.39 is 5.69 Å². The van der Waals surface area contributed by atoms with E-state index >= 15 is 0 Å². The molecule has 4 aromatic rings. The van der Waals surface area contributed by atoms with Crippen molar-refractivity contribution < 1.29 is 14.3 Å². The SMILES string of the molecule is CCOc1ccc(Cn2c(=O)c3sccc3n(CC(=O)N[C@@H](C)c3ccc(OC)cc3)c2=O)cc1. The van der Waals surface area contributed by atoms with Gasteiger partial charge in [0, 0.05) is 0 Å². The number of fused-ring (bicyclic) bond motifs is 1. The predicted molar refractivity (Wildman–Crippen MR) is 137 cm³/mol. The first-order valence-corrected chi connectivity index (χ1v) is 12.1. The van der Waals surface area contributed by atoms with Gasteiger partial charge in [-0.3, -0.25) is 18.7 Å². The number of hydrogen-bond donors (Lipinski definition) is 1. The number of nitrogens with zero attached hydrogens (tertiary/aromatic N) is 2. The summed E-state index contributed by atoms with van der Waals surface area (Å²) in [6, 6.07) is 16.1. The van der Waals surface area contributed by atoms with Gasteiger partial charge in [0.15, 0.2) is 0 Å².